The second kappa shape index (κ2) is 7.01. The number of ether oxygens (including phenoxy) is 2. The van der Waals surface area contributed by atoms with Gasteiger partial charge in [-0.25, -0.2) is 9.59 Å². The first kappa shape index (κ1) is 19.8. The van der Waals surface area contributed by atoms with E-state index in [1.54, 1.807) is 20.8 Å². The number of hydrogen-bond acceptors (Lipinski definition) is 5. The van der Waals surface area contributed by atoms with Gasteiger partial charge >= 0.3 is 18.1 Å². The minimum Gasteiger partial charge on any atom is -0.464 e. The molecule has 1 aromatic rings. The van der Waals surface area contributed by atoms with E-state index in [2.05, 4.69) is 0 Å². The van der Waals surface area contributed by atoms with Gasteiger partial charge in [-0.15, -0.1) is 0 Å². The summed E-state index contributed by atoms with van der Waals surface area (Å²) in [5.74, 6) is -1.80. The molecule has 1 aliphatic heterocycles. The summed E-state index contributed by atoms with van der Waals surface area (Å²) < 4.78 is 49.4. The summed E-state index contributed by atoms with van der Waals surface area (Å²) in [5, 5.41) is 0. The molecule has 0 saturated carbocycles. The van der Waals surface area contributed by atoms with Gasteiger partial charge in [0.25, 0.3) is 5.54 Å². The van der Waals surface area contributed by atoms with Crippen LogP contribution in [0.5, 0.6) is 0 Å². The molecule has 0 unspecified atom stereocenters. The molecule has 0 radical (unpaired) electrons. The average molecular weight is 371 g/mol. The van der Waals surface area contributed by atoms with Crippen molar-refractivity contribution in [2.24, 2.45) is 0 Å². The first-order chi connectivity index (χ1) is 12.1. The molecule has 8 heteroatoms. The van der Waals surface area contributed by atoms with Crippen LogP contribution in [0.2, 0.25) is 0 Å². The number of alkyl halides is 3. The van der Waals surface area contributed by atoms with Gasteiger partial charge < -0.3 is 14.4 Å². The number of carbonyl (C=O) groups is 2. The molecule has 0 aliphatic carbocycles. The van der Waals surface area contributed by atoms with Crippen molar-refractivity contribution in [3.05, 3.63) is 35.4 Å². The van der Waals surface area contributed by atoms with Crippen LogP contribution in [0.15, 0.2) is 24.3 Å². The van der Waals surface area contributed by atoms with Gasteiger partial charge in [-0.05, 0) is 44.6 Å². The Labute approximate surface area is 149 Å². The molecule has 1 aromatic carbocycles. The van der Waals surface area contributed by atoms with E-state index >= 15 is 0 Å². The van der Waals surface area contributed by atoms with Crippen molar-refractivity contribution in [3.63, 3.8) is 0 Å². The molecule has 142 valence electrons. The molecule has 1 heterocycles. The quantitative estimate of drug-likeness (QED) is 0.600. The zero-order valence-corrected chi connectivity index (χ0v) is 14.9. The number of hydrogen-bond donors (Lipinski definition) is 0. The topological polar surface area (TPSA) is 55.8 Å². The Hall–Kier alpha value is -2.51. The SMILES string of the molecule is CCOC(=O)C1(C(=O)OCC)C=C(C)c2ccc(C(F)(F)F)cc2N1C. The minimum atomic E-state index is -4.55. The van der Waals surface area contributed by atoms with Gasteiger partial charge in [-0.1, -0.05) is 6.07 Å². The lowest BCUT2D eigenvalue weighted by molar-refractivity contribution is -0.161. The fourth-order valence-corrected chi connectivity index (χ4v) is 2.95. The van der Waals surface area contributed by atoms with Gasteiger partial charge in [-0.2, -0.15) is 13.2 Å². The van der Waals surface area contributed by atoms with Crippen LogP contribution in [0.1, 0.15) is 31.9 Å². The number of likely N-dealkylation sites (N-methyl/N-ethyl adjacent to an activating group) is 1. The Morgan fingerprint density at radius 3 is 2.12 bits per heavy atom. The monoisotopic (exact) mass is 371 g/mol. The third-order valence-corrected chi connectivity index (χ3v) is 4.24. The zero-order valence-electron chi connectivity index (χ0n) is 14.9. The molecule has 0 aromatic heterocycles. The Balaban J connectivity index is 2.69. The maximum atomic E-state index is 13.1. The van der Waals surface area contributed by atoms with Crippen LogP contribution in [-0.4, -0.2) is 37.7 Å². The number of benzene rings is 1. The summed E-state index contributed by atoms with van der Waals surface area (Å²) >= 11 is 0. The first-order valence-corrected chi connectivity index (χ1v) is 8.08. The number of anilines is 1. The lowest BCUT2D eigenvalue weighted by atomic mass is 9.85. The second-order valence-corrected chi connectivity index (χ2v) is 5.82. The predicted octanol–water partition coefficient (Wildman–Crippen LogP) is 3.42. The molecular formula is C18H20F3NO4. The fraction of sp³-hybridized carbons (Fsp3) is 0.444. The normalized spacial score (nSPS) is 15.8. The van der Waals surface area contributed by atoms with Gasteiger partial charge in [0.15, 0.2) is 0 Å². The molecule has 0 atom stereocenters. The van der Waals surface area contributed by atoms with E-state index in [0.29, 0.717) is 11.1 Å². The summed E-state index contributed by atoms with van der Waals surface area (Å²) in [6, 6.07) is 3.20. The lowest BCUT2D eigenvalue weighted by Crippen LogP contribution is -2.60. The largest absolute Gasteiger partial charge is 0.464 e. The molecule has 0 fully saturated rings. The molecule has 1 aliphatic rings. The van der Waals surface area contributed by atoms with E-state index in [-0.39, 0.29) is 18.9 Å². The minimum absolute atomic E-state index is 0.0101. The summed E-state index contributed by atoms with van der Waals surface area (Å²) in [6.45, 7) is 4.79. The van der Waals surface area contributed by atoms with Crippen LogP contribution >= 0.6 is 0 Å². The Bertz CT molecular complexity index is 737. The van der Waals surface area contributed by atoms with E-state index < -0.39 is 29.2 Å². The van der Waals surface area contributed by atoms with Crippen molar-refractivity contribution in [2.45, 2.75) is 32.5 Å². The third-order valence-electron chi connectivity index (χ3n) is 4.24. The van der Waals surface area contributed by atoms with Gasteiger partial charge in [0.1, 0.15) is 0 Å². The molecule has 0 N–H and O–H groups in total. The summed E-state index contributed by atoms with van der Waals surface area (Å²) in [5.41, 5.74) is -1.79. The van der Waals surface area contributed by atoms with Crippen LogP contribution in [0.4, 0.5) is 18.9 Å². The number of fused-ring (bicyclic) bond motifs is 1. The molecular weight excluding hydrogens is 351 g/mol. The number of esters is 2. The molecule has 0 amide bonds. The molecule has 0 bridgehead atoms. The summed E-state index contributed by atoms with van der Waals surface area (Å²) in [6.07, 6.45) is -3.18. The van der Waals surface area contributed by atoms with Crippen molar-refractivity contribution in [1.82, 2.24) is 0 Å². The van der Waals surface area contributed by atoms with Crippen LogP contribution in [0.25, 0.3) is 5.57 Å². The Morgan fingerprint density at radius 1 is 1.12 bits per heavy atom. The average Bonchev–Trinajstić information content (AvgIpc) is 2.57. The lowest BCUT2D eigenvalue weighted by Gasteiger charge is -2.41. The van der Waals surface area contributed by atoms with Crippen LogP contribution in [0.3, 0.4) is 0 Å². The van der Waals surface area contributed by atoms with E-state index in [1.807, 2.05) is 0 Å². The van der Waals surface area contributed by atoms with E-state index in [1.165, 1.54) is 24.1 Å². The van der Waals surface area contributed by atoms with E-state index in [9.17, 15) is 22.8 Å². The number of allylic oxidation sites excluding steroid dienone is 1. The summed E-state index contributed by atoms with van der Waals surface area (Å²) in [7, 11) is 1.37. The number of rotatable bonds is 4. The maximum absolute atomic E-state index is 13.1. The zero-order chi connectivity index (χ0) is 19.7. The predicted molar refractivity (Wildman–Crippen MR) is 89.5 cm³/mol. The molecule has 0 saturated heterocycles. The highest BCUT2D eigenvalue weighted by Gasteiger charge is 2.53. The summed E-state index contributed by atoms with van der Waals surface area (Å²) in [4.78, 5) is 26.5. The molecule has 2 rings (SSSR count). The Morgan fingerprint density at radius 2 is 1.65 bits per heavy atom. The number of halogens is 3. The smallest absolute Gasteiger partial charge is 0.416 e. The Kier molecular flexibility index (Phi) is 5.34. The van der Waals surface area contributed by atoms with Crippen LogP contribution in [-0.2, 0) is 25.2 Å². The van der Waals surface area contributed by atoms with Crippen molar-refractivity contribution in [3.8, 4) is 0 Å². The van der Waals surface area contributed by atoms with Gasteiger partial charge in [0, 0.05) is 18.3 Å². The van der Waals surface area contributed by atoms with Crippen molar-refractivity contribution < 1.29 is 32.2 Å². The maximum Gasteiger partial charge on any atom is 0.416 e. The number of nitrogens with zero attached hydrogens (tertiary/aromatic N) is 1. The highest BCUT2D eigenvalue weighted by atomic mass is 19.4. The highest BCUT2D eigenvalue weighted by Crippen LogP contribution is 2.42. The van der Waals surface area contributed by atoms with E-state index in [0.717, 1.165) is 12.1 Å². The number of carbonyl (C=O) groups excluding carboxylic acids is 2. The molecule has 5 nitrogen and oxygen atoms in total. The standard InChI is InChI=1S/C18H20F3NO4/c1-5-25-15(23)17(16(24)26-6-2)10-11(3)13-8-7-12(18(19,20)21)9-14(13)22(17)4/h7-10H,5-6H2,1-4H3. The van der Waals surface area contributed by atoms with Crippen molar-refractivity contribution in [1.29, 1.82) is 0 Å². The van der Waals surface area contributed by atoms with Crippen LogP contribution in [0, 0.1) is 0 Å². The van der Waals surface area contributed by atoms with E-state index in [4.69, 9.17) is 9.47 Å². The van der Waals surface area contributed by atoms with Gasteiger partial charge in [0.05, 0.1) is 18.8 Å². The van der Waals surface area contributed by atoms with Crippen LogP contribution < -0.4 is 4.90 Å². The second-order valence-electron chi connectivity index (χ2n) is 5.82. The third kappa shape index (κ3) is 3.15. The fourth-order valence-electron chi connectivity index (χ4n) is 2.95. The highest BCUT2D eigenvalue weighted by molar-refractivity contribution is 6.13. The van der Waals surface area contributed by atoms with Crippen molar-refractivity contribution in [2.75, 3.05) is 25.2 Å². The van der Waals surface area contributed by atoms with Gasteiger partial charge in [-0.3, -0.25) is 0 Å². The molecule has 26 heavy (non-hydrogen) atoms. The molecule has 0 spiro atoms. The first-order valence-electron chi connectivity index (χ1n) is 8.08. The van der Waals surface area contributed by atoms with Crippen molar-refractivity contribution >= 4 is 23.2 Å². The van der Waals surface area contributed by atoms with Gasteiger partial charge in [0.2, 0.25) is 0 Å².